The molecule has 1 saturated heterocycles. The number of nitrogens with one attached hydrogen (secondary N) is 1. The molecule has 4 N–H and O–H groups in total. The molecule has 0 radical (unpaired) electrons. The summed E-state index contributed by atoms with van der Waals surface area (Å²) in [4.78, 5) is 38.3. The molecule has 1 aromatic heterocycles. The number of piperidine rings is 1. The van der Waals surface area contributed by atoms with Gasteiger partial charge >= 0.3 is 5.97 Å². The molecule has 1 saturated carbocycles. The monoisotopic (exact) mass is 518 g/mol. The number of carboxylic acid groups (broad SMARTS) is 1. The Labute approximate surface area is 212 Å². The average Bonchev–Trinajstić information content (AvgIpc) is 3.71. The van der Waals surface area contributed by atoms with Crippen molar-refractivity contribution in [3.05, 3.63) is 45.3 Å². The number of anilines is 1. The van der Waals surface area contributed by atoms with Crippen LogP contribution >= 0.6 is 0 Å². The number of carbonyl (C=O) groups is 2. The van der Waals surface area contributed by atoms with Gasteiger partial charge in [-0.05, 0) is 43.2 Å². The van der Waals surface area contributed by atoms with Gasteiger partial charge in [0.1, 0.15) is 17.1 Å². The van der Waals surface area contributed by atoms with E-state index in [4.69, 9.17) is 10.5 Å². The van der Waals surface area contributed by atoms with Crippen molar-refractivity contribution in [2.45, 2.75) is 51.6 Å². The average molecular weight is 519 g/mol. The van der Waals surface area contributed by atoms with E-state index >= 15 is 8.78 Å². The van der Waals surface area contributed by atoms with Crippen LogP contribution in [-0.2, 0) is 4.79 Å². The Morgan fingerprint density at radius 3 is 2.62 bits per heavy atom. The molecular formula is C26H32F2N4O5. The van der Waals surface area contributed by atoms with Gasteiger partial charge in [0, 0.05) is 25.3 Å². The van der Waals surface area contributed by atoms with Crippen LogP contribution in [0.3, 0.4) is 0 Å². The molecule has 0 unspecified atom stereocenters. The summed E-state index contributed by atoms with van der Waals surface area (Å²) in [7, 11) is 1.36. The van der Waals surface area contributed by atoms with E-state index in [1.165, 1.54) is 13.3 Å². The van der Waals surface area contributed by atoms with Gasteiger partial charge < -0.3 is 30.4 Å². The van der Waals surface area contributed by atoms with Crippen LogP contribution in [0.5, 0.6) is 5.75 Å². The Balaban J connectivity index is 1.72. The maximum Gasteiger partial charge on any atom is 0.341 e. The molecule has 9 nitrogen and oxygen atoms in total. The predicted octanol–water partition coefficient (Wildman–Crippen LogP) is 3.11. The fourth-order valence-corrected chi connectivity index (χ4v) is 4.72. The highest BCUT2D eigenvalue weighted by molar-refractivity contribution is 5.97. The summed E-state index contributed by atoms with van der Waals surface area (Å²) in [5, 5.41) is 11.9. The van der Waals surface area contributed by atoms with Crippen LogP contribution in [-0.4, -0.2) is 54.3 Å². The molecule has 0 bridgehead atoms. The normalized spacial score (nSPS) is 18.2. The largest absolute Gasteiger partial charge is 0.492 e. The number of carboxylic acids is 1. The number of nitrogens with zero attached hydrogens (tertiary/aromatic N) is 2. The number of aromatic nitrogens is 1. The van der Waals surface area contributed by atoms with Crippen LogP contribution in [0.4, 0.5) is 14.5 Å². The minimum Gasteiger partial charge on any atom is -0.492 e. The van der Waals surface area contributed by atoms with Crippen molar-refractivity contribution >= 4 is 28.5 Å². The predicted molar refractivity (Wildman–Crippen MR) is 135 cm³/mol. The Kier molecular flexibility index (Phi) is 7.54. The molecule has 2 aliphatic rings. The second-order valence-electron chi connectivity index (χ2n) is 9.97. The summed E-state index contributed by atoms with van der Waals surface area (Å²) in [6, 6.07) is 0.272. The molecular weight excluding hydrogens is 486 g/mol. The number of pyridine rings is 1. The topological polar surface area (TPSA) is 127 Å². The second kappa shape index (κ2) is 10.5. The quantitative estimate of drug-likeness (QED) is 0.490. The van der Waals surface area contributed by atoms with Gasteiger partial charge in [-0.3, -0.25) is 9.59 Å². The van der Waals surface area contributed by atoms with Gasteiger partial charge in [-0.25, -0.2) is 13.6 Å². The second-order valence-corrected chi connectivity index (χ2v) is 9.97. The number of fused-ring (bicyclic) bond motifs is 1. The molecule has 0 spiro atoms. The molecule has 2 heterocycles. The van der Waals surface area contributed by atoms with Crippen molar-refractivity contribution in [2.75, 3.05) is 31.6 Å². The first kappa shape index (κ1) is 26.6. The molecule has 1 aromatic carbocycles. The number of amides is 1. The fourth-order valence-electron chi connectivity index (χ4n) is 4.72. The summed E-state index contributed by atoms with van der Waals surface area (Å²) in [5.41, 5.74) is 5.43. The van der Waals surface area contributed by atoms with Crippen molar-refractivity contribution in [3.63, 3.8) is 0 Å². The fraction of sp³-hybridized carbons (Fsp3) is 0.500. The van der Waals surface area contributed by atoms with Gasteiger partial charge in [-0.15, -0.1) is 0 Å². The van der Waals surface area contributed by atoms with Crippen molar-refractivity contribution in [2.24, 2.45) is 11.7 Å². The molecule has 1 amide bonds. The molecule has 200 valence electrons. The smallest absolute Gasteiger partial charge is 0.341 e. The van der Waals surface area contributed by atoms with Crippen LogP contribution in [0, 0.1) is 11.7 Å². The lowest BCUT2D eigenvalue weighted by molar-refractivity contribution is -0.123. The van der Waals surface area contributed by atoms with E-state index in [2.05, 4.69) is 5.32 Å². The van der Waals surface area contributed by atoms with Gasteiger partial charge in [-0.1, -0.05) is 13.8 Å². The number of nitrogens with two attached hydrogens (primary N) is 1. The first-order chi connectivity index (χ1) is 17.5. The third-order valence-corrected chi connectivity index (χ3v) is 7.00. The number of methoxy groups -OCH3 is 1. The molecule has 11 heteroatoms. The van der Waals surface area contributed by atoms with Gasteiger partial charge in [0.15, 0.2) is 11.6 Å². The summed E-state index contributed by atoms with van der Waals surface area (Å²) in [5.74, 6) is -3.08. The summed E-state index contributed by atoms with van der Waals surface area (Å²) < 4.78 is 37.9. The van der Waals surface area contributed by atoms with E-state index < -0.39 is 40.6 Å². The van der Waals surface area contributed by atoms with E-state index in [9.17, 15) is 19.5 Å². The SMILES string of the molecule is COc1c(N2CCC/C(=C(\F)CNC(=O)[C@@H](N)C(C)C)C2)c(F)cc2c(=O)c(C(=O)O)cn(C3CC3)c12. The Morgan fingerprint density at radius 2 is 2.03 bits per heavy atom. The van der Waals surface area contributed by atoms with Crippen molar-refractivity contribution in [1.82, 2.24) is 9.88 Å². The van der Waals surface area contributed by atoms with E-state index in [0.717, 1.165) is 18.9 Å². The van der Waals surface area contributed by atoms with Crippen LogP contribution in [0.2, 0.25) is 0 Å². The van der Waals surface area contributed by atoms with Gasteiger partial charge in [0.05, 0.1) is 30.6 Å². The number of hydrogen-bond donors (Lipinski definition) is 3. The summed E-state index contributed by atoms with van der Waals surface area (Å²) >= 11 is 0. The number of hydrogen-bond acceptors (Lipinski definition) is 6. The first-order valence-electron chi connectivity index (χ1n) is 12.4. The van der Waals surface area contributed by atoms with Crippen molar-refractivity contribution < 1.29 is 28.2 Å². The van der Waals surface area contributed by atoms with E-state index in [1.807, 2.05) is 0 Å². The zero-order valence-corrected chi connectivity index (χ0v) is 21.1. The molecule has 2 fully saturated rings. The Bertz CT molecular complexity index is 1330. The van der Waals surface area contributed by atoms with Crippen molar-refractivity contribution in [3.8, 4) is 5.75 Å². The zero-order chi connectivity index (χ0) is 27.0. The van der Waals surface area contributed by atoms with Crippen LogP contribution in [0.25, 0.3) is 10.9 Å². The van der Waals surface area contributed by atoms with Gasteiger partial charge in [-0.2, -0.15) is 0 Å². The zero-order valence-electron chi connectivity index (χ0n) is 21.1. The maximum absolute atomic E-state index is 15.6. The molecule has 2 aromatic rings. The third-order valence-electron chi connectivity index (χ3n) is 7.00. The lowest BCUT2D eigenvalue weighted by Gasteiger charge is -2.33. The number of ether oxygens (including phenoxy) is 1. The minimum atomic E-state index is -1.38. The van der Waals surface area contributed by atoms with Crippen molar-refractivity contribution in [1.29, 1.82) is 0 Å². The third kappa shape index (κ3) is 5.18. The molecule has 1 aliphatic heterocycles. The highest BCUT2D eigenvalue weighted by Crippen LogP contribution is 2.44. The van der Waals surface area contributed by atoms with Crippen LogP contribution in [0.1, 0.15) is 55.9 Å². The van der Waals surface area contributed by atoms with E-state index in [-0.39, 0.29) is 41.9 Å². The van der Waals surface area contributed by atoms with E-state index in [0.29, 0.717) is 30.5 Å². The van der Waals surface area contributed by atoms with Gasteiger partial charge in [0.2, 0.25) is 11.3 Å². The van der Waals surface area contributed by atoms with Crippen LogP contribution < -0.4 is 26.1 Å². The summed E-state index contributed by atoms with van der Waals surface area (Å²) in [6.45, 7) is 3.78. The number of aromatic carboxylic acids is 1. The number of carbonyl (C=O) groups excluding carboxylic acids is 1. The molecule has 1 aliphatic carbocycles. The maximum atomic E-state index is 15.6. The Morgan fingerprint density at radius 1 is 1.32 bits per heavy atom. The number of halogens is 2. The van der Waals surface area contributed by atoms with Crippen LogP contribution in [0.15, 0.2) is 28.5 Å². The molecule has 1 atom stereocenters. The number of rotatable bonds is 8. The minimum absolute atomic E-state index is 0.0245. The standard InChI is InChI=1S/C26H32F2N4O5/c1-13(2)20(29)25(34)30-10-19(28)14-5-4-8-31(11-14)22-18(27)9-16-21(24(22)37-3)32(15-6-7-15)12-17(23(16)33)26(35)36/h9,12-13,15,20H,4-8,10-11,29H2,1-3H3,(H,30,34)(H,35,36)/b19-14+/t20-/m0/s1. The molecule has 37 heavy (non-hydrogen) atoms. The molecule has 4 rings (SSSR count). The Hall–Kier alpha value is -3.47. The summed E-state index contributed by atoms with van der Waals surface area (Å²) in [6.07, 6.45) is 3.86. The lowest BCUT2D eigenvalue weighted by Crippen LogP contribution is -2.44. The van der Waals surface area contributed by atoms with E-state index in [1.54, 1.807) is 23.3 Å². The number of benzene rings is 1. The highest BCUT2D eigenvalue weighted by Gasteiger charge is 2.32. The highest BCUT2D eigenvalue weighted by atomic mass is 19.1. The van der Waals surface area contributed by atoms with Gasteiger partial charge in [0.25, 0.3) is 0 Å². The lowest BCUT2D eigenvalue weighted by atomic mass is 10.0. The first-order valence-corrected chi connectivity index (χ1v) is 12.4.